The Morgan fingerprint density at radius 2 is 1.96 bits per heavy atom. The molecule has 2 aromatic carbocycles. The summed E-state index contributed by atoms with van der Waals surface area (Å²) in [4.78, 5) is 28.4. The monoisotopic (exact) mass is 351 g/mol. The maximum atomic E-state index is 12.8. The van der Waals surface area contributed by atoms with Crippen molar-refractivity contribution < 1.29 is 4.92 Å². The molecule has 0 radical (unpaired) electrons. The van der Waals surface area contributed by atoms with Crippen LogP contribution in [0.25, 0.3) is 22.1 Å². The second kappa shape index (κ2) is 5.49. The van der Waals surface area contributed by atoms with E-state index in [1.54, 1.807) is 22.6 Å². The third-order valence-corrected chi connectivity index (χ3v) is 5.20. The smallest absolute Gasteiger partial charge is 0.267 e. The number of nitrogens with zero attached hydrogens (tertiary/aromatic N) is 3. The maximum absolute atomic E-state index is 12.8. The molecule has 0 N–H and O–H groups in total. The predicted molar refractivity (Wildman–Crippen MR) is 98.2 cm³/mol. The Kier molecular flexibility index (Phi) is 3.40. The molecule has 0 aliphatic heterocycles. The zero-order valence-electron chi connectivity index (χ0n) is 13.5. The summed E-state index contributed by atoms with van der Waals surface area (Å²) in [6.45, 7) is 4.02. The molecular formula is C18H13N3O3S. The van der Waals surface area contributed by atoms with Gasteiger partial charge in [-0.1, -0.05) is 23.5 Å². The Balaban J connectivity index is 1.96. The molecule has 0 bridgehead atoms. The molecule has 0 aliphatic rings. The van der Waals surface area contributed by atoms with Crippen molar-refractivity contribution in [2.24, 2.45) is 0 Å². The number of hydrogen-bond donors (Lipinski definition) is 0. The van der Waals surface area contributed by atoms with Crippen molar-refractivity contribution in [2.75, 3.05) is 0 Å². The molecule has 0 spiro atoms. The van der Waals surface area contributed by atoms with Crippen LogP contribution in [0.1, 0.15) is 16.7 Å². The van der Waals surface area contributed by atoms with E-state index >= 15 is 0 Å². The van der Waals surface area contributed by atoms with E-state index in [9.17, 15) is 14.9 Å². The number of imidazole rings is 1. The Hall–Kier alpha value is -3.06. The first-order valence-electron chi connectivity index (χ1n) is 7.62. The maximum Gasteiger partial charge on any atom is 0.274 e. The van der Waals surface area contributed by atoms with E-state index in [0.717, 1.165) is 22.2 Å². The van der Waals surface area contributed by atoms with Gasteiger partial charge < -0.3 is 0 Å². The number of hydrogen-bond acceptors (Lipinski definition) is 5. The Labute approximate surface area is 145 Å². The van der Waals surface area contributed by atoms with Crippen molar-refractivity contribution in [3.05, 3.63) is 78.1 Å². The quantitative estimate of drug-likeness (QED) is 0.411. The van der Waals surface area contributed by atoms with Gasteiger partial charge in [0, 0.05) is 12.1 Å². The normalized spacial score (nSPS) is 12.3. The van der Waals surface area contributed by atoms with Crippen LogP contribution in [-0.4, -0.2) is 14.3 Å². The largest absolute Gasteiger partial charge is 0.274 e. The van der Waals surface area contributed by atoms with Gasteiger partial charge >= 0.3 is 0 Å². The van der Waals surface area contributed by atoms with E-state index in [0.29, 0.717) is 15.1 Å². The summed E-state index contributed by atoms with van der Waals surface area (Å²) in [5, 5.41) is 10.9. The van der Waals surface area contributed by atoms with Crippen LogP contribution in [-0.2, 0) is 0 Å². The van der Waals surface area contributed by atoms with E-state index in [1.807, 2.05) is 26.0 Å². The average molecular weight is 351 g/mol. The number of fused-ring (bicyclic) bond motifs is 3. The summed E-state index contributed by atoms with van der Waals surface area (Å²) in [5.74, 6) is 0. The number of aryl methyl sites for hydroxylation is 2. The van der Waals surface area contributed by atoms with Crippen LogP contribution in [0.15, 0.2) is 41.2 Å². The highest BCUT2D eigenvalue weighted by molar-refractivity contribution is 7.15. The summed E-state index contributed by atoms with van der Waals surface area (Å²) in [6, 6.07) is 10.2. The molecule has 0 saturated carbocycles. The minimum absolute atomic E-state index is 0.000850. The van der Waals surface area contributed by atoms with Gasteiger partial charge in [-0.3, -0.25) is 14.9 Å². The van der Waals surface area contributed by atoms with Gasteiger partial charge in [-0.15, -0.1) is 0 Å². The van der Waals surface area contributed by atoms with Gasteiger partial charge in [-0.05, 0) is 48.7 Å². The molecule has 2 aromatic heterocycles. The van der Waals surface area contributed by atoms with Crippen molar-refractivity contribution in [3.8, 4) is 0 Å². The first-order valence-corrected chi connectivity index (χ1v) is 8.44. The Bertz CT molecular complexity index is 1270. The predicted octanol–water partition coefficient (Wildman–Crippen LogP) is 2.98. The third kappa shape index (κ3) is 2.49. The summed E-state index contributed by atoms with van der Waals surface area (Å²) in [5.41, 5.74) is 4.29. The number of aromatic nitrogens is 2. The SMILES string of the molecule is Cc1cc2nc3sc(=Cc4cccc([N+](=O)[O-])c4)c(=O)n3c2cc1C. The minimum Gasteiger partial charge on any atom is -0.267 e. The first-order chi connectivity index (χ1) is 11.9. The minimum atomic E-state index is -0.449. The second-order valence-corrected chi connectivity index (χ2v) is 6.93. The molecule has 0 unspecified atom stereocenters. The van der Waals surface area contributed by atoms with E-state index in [2.05, 4.69) is 4.98 Å². The van der Waals surface area contributed by atoms with Gasteiger partial charge in [0.25, 0.3) is 11.2 Å². The lowest BCUT2D eigenvalue weighted by atomic mass is 10.1. The lowest BCUT2D eigenvalue weighted by Gasteiger charge is -1.98. The van der Waals surface area contributed by atoms with E-state index in [1.165, 1.54) is 23.5 Å². The number of benzene rings is 2. The van der Waals surface area contributed by atoms with E-state index in [4.69, 9.17) is 0 Å². The zero-order chi connectivity index (χ0) is 17.7. The summed E-state index contributed by atoms with van der Waals surface area (Å²) in [6.07, 6.45) is 1.67. The highest BCUT2D eigenvalue weighted by atomic mass is 32.1. The summed E-state index contributed by atoms with van der Waals surface area (Å²) >= 11 is 1.28. The molecule has 0 amide bonds. The lowest BCUT2D eigenvalue weighted by Crippen LogP contribution is -2.22. The number of nitro groups is 1. The Morgan fingerprint density at radius 1 is 1.20 bits per heavy atom. The summed E-state index contributed by atoms with van der Waals surface area (Å²) < 4.78 is 2.11. The van der Waals surface area contributed by atoms with Gasteiger partial charge in [-0.25, -0.2) is 9.38 Å². The molecule has 0 aliphatic carbocycles. The van der Waals surface area contributed by atoms with Crippen molar-refractivity contribution >= 4 is 39.1 Å². The molecule has 4 rings (SSSR count). The van der Waals surface area contributed by atoms with Gasteiger partial charge in [0.2, 0.25) is 0 Å². The molecule has 0 atom stereocenters. The third-order valence-electron chi connectivity index (χ3n) is 4.23. The highest BCUT2D eigenvalue weighted by Crippen LogP contribution is 2.21. The second-order valence-electron chi connectivity index (χ2n) is 5.92. The fourth-order valence-electron chi connectivity index (χ4n) is 2.80. The van der Waals surface area contributed by atoms with Crippen molar-refractivity contribution in [3.63, 3.8) is 0 Å². The van der Waals surface area contributed by atoms with Crippen LogP contribution in [0.2, 0.25) is 0 Å². The van der Waals surface area contributed by atoms with Crippen LogP contribution in [0.4, 0.5) is 5.69 Å². The summed E-state index contributed by atoms with van der Waals surface area (Å²) in [7, 11) is 0. The van der Waals surface area contributed by atoms with Gasteiger partial charge in [0.15, 0.2) is 4.96 Å². The highest BCUT2D eigenvalue weighted by Gasteiger charge is 2.12. The van der Waals surface area contributed by atoms with Crippen LogP contribution in [0, 0.1) is 24.0 Å². The standard InChI is InChI=1S/C18H13N3O3S/c1-10-6-14-15(7-11(10)2)20-17(22)16(25-18(20)19-14)9-12-4-3-5-13(8-12)21(23)24/h3-9H,1-2H3. The van der Waals surface area contributed by atoms with Crippen LogP contribution >= 0.6 is 11.3 Å². The number of non-ortho nitro benzene ring substituents is 1. The van der Waals surface area contributed by atoms with Gasteiger partial charge in [0.05, 0.1) is 20.5 Å². The van der Waals surface area contributed by atoms with E-state index in [-0.39, 0.29) is 11.2 Å². The molecule has 6 nitrogen and oxygen atoms in total. The van der Waals surface area contributed by atoms with Gasteiger partial charge in [0.1, 0.15) is 0 Å². The average Bonchev–Trinajstić information content (AvgIpc) is 3.05. The number of rotatable bonds is 2. The molecule has 124 valence electrons. The first kappa shape index (κ1) is 15.5. The zero-order valence-corrected chi connectivity index (χ0v) is 14.3. The van der Waals surface area contributed by atoms with Crippen LogP contribution < -0.4 is 10.1 Å². The van der Waals surface area contributed by atoms with Crippen LogP contribution in [0.3, 0.4) is 0 Å². The molecule has 25 heavy (non-hydrogen) atoms. The molecule has 4 aromatic rings. The van der Waals surface area contributed by atoms with Crippen molar-refractivity contribution in [1.29, 1.82) is 0 Å². The van der Waals surface area contributed by atoms with Crippen molar-refractivity contribution in [2.45, 2.75) is 13.8 Å². The number of nitro benzene ring substituents is 1. The Morgan fingerprint density at radius 3 is 2.72 bits per heavy atom. The van der Waals surface area contributed by atoms with Crippen LogP contribution in [0.5, 0.6) is 0 Å². The fourth-order valence-corrected chi connectivity index (χ4v) is 3.78. The molecule has 0 saturated heterocycles. The molecule has 7 heteroatoms. The molecule has 0 fully saturated rings. The molecule has 2 heterocycles. The van der Waals surface area contributed by atoms with E-state index < -0.39 is 4.92 Å². The molecular weight excluding hydrogens is 338 g/mol. The fraction of sp³-hybridized carbons (Fsp3) is 0.111. The lowest BCUT2D eigenvalue weighted by molar-refractivity contribution is -0.384. The van der Waals surface area contributed by atoms with Crippen molar-refractivity contribution in [1.82, 2.24) is 9.38 Å². The number of thiazole rings is 1. The topological polar surface area (TPSA) is 77.5 Å². The van der Waals surface area contributed by atoms with Gasteiger partial charge in [-0.2, -0.15) is 0 Å².